The highest BCUT2D eigenvalue weighted by Crippen LogP contribution is 2.32. The van der Waals surface area contributed by atoms with Crippen LogP contribution in [0.2, 0.25) is 0 Å². The number of hydrogen-bond acceptors (Lipinski definition) is 5. The molecule has 2 N–H and O–H groups in total. The predicted molar refractivity (Wildman–Crippen MR) is 86.9 cm³/mol. The van der Waals surface area contributed by atoms with Crippen molar-refractivity contribution >= 4 is 5.91 Å². The van der Waals surface area contributed by atoms with Gasteiger partial charge in [0.15, 0.2) is 0 Å². The van der Waals surface area contributed by atoms with Gasteiger partial charge in [0, 0.05) is 18.7 Å². The molecule has 2 heterocycles. The Morgan fingerprint density at radius 3 is 2.65 bits per heavy atom. The van der Waals surface area contributed by atoms with E-state index in [1.165, 1.54) is 12.1 Å². The fraction of sp³-hybridized carbons (Fsp3) is 0.471. The Kier molecular flexibility index (Phi) is 4.99. The topological polar surface area (TPSA) is 85.2 Å². The second-order valence-corrected chi connectivity index (χ2v) is 6.38. The van der Waals surface area contributed by atoms with Crippen LogP contribution in [0.25, 0.3) is 11.4 Å². The lowest BCUT2D eigenvalue weighted by Gasteiger charge is -2.22. The van der Waals surface area contributed by atoms with Gasteiger partial charge in [-0.3, -0.25) is 4.79 Å². The number of amides is 1. The number of nitrogens with two attached hydrogens (primary N) is 1. The zero-order valence-electron chi connectivity index (χ0n) is 14.2. The Morgan fingerprint density at radius 1 is 1.31 bits per heavy atom. The van der Waals surface area contributed by atoms with Crippen molar-refractivity contribution in [1.29, 1.82) is 0 Å². The fourth-order valence-electron chi connectivity index (χ4n) is 2.89. The molecule has 6 nitrogen and oxygen atoms in total. The van der Waals surface area contributed by atoms with E-state index in [0.29, 0.717) is 13.1 Å². The first-order valence-electron chi connectivity index (χ1n) is 8.33. The molecule has 0 aliphatic carbocycles. The number of hydrogen-bond donors (Lipinski definition) is 1. The van der Waals surface area contributed by atoms with E-state index in [4.69, 9.17) is 10.3 Å². The van der Waals surface area contributed by atoms with Crippen molar-refractivity contribution in [1.82, 2.24) is 15.0 Å². The molecule has 0 spiro atoms. The van der Waals surface area contributed by atoms with Gasteiger partial charge in [-0.1, -0.05) is 24.2 Å². The maximum absolute atomic E-state index is 12.8. The van der Waals surface area contributed by atoms with E-state index >= 15 is 0 Å². The van der Waals surface area contributed by atoms with Crippen molar-refractivity contribution in [2.24, 2.45) is 5.73 Å². The summed E-state index contributed by atoms with van der Waals surface area (Å²) in [5.74, 6) is -0.583. The molecule has 9 heteroatoms. The molecule has 0 bridgehead atoms. The van der Waals surface area contributed by atoms with Gasteiger partial charge in [0.25, 0.3) is 0 Å². The number of aromatic nitrogens is 2. The van der Waals surface area contributed by atoms with Gasteiger partial charge in [-0.2, -0.15) is 18.2 Å². The summed E-state index contributed by atoms with van der Waals surface area (Å²) in [4.78, 5) is 18.2. The molecule has 1 fully saturated rings. The Bertz CT molecular complexity index is 784. The molecular formula is C17H19F3N4O2. The molecule has 26 heavy (non-hydrogen) atoms. The van der Waals surface area contributed by atoms with Crippen molar-refractivity contribution in [2.75, 3.05) is 13.1 Å². The van der Waals surface area contributed by atoms with E-state index in [2.05, 4.69) is 10.1 Å². The lowest BCUT2D eigenvalue weighted by molar-refractivity contribution is -0.137. The number of alkyl halides is 3. The summed E-state index contributed by atoms with van der Waals surface area (Å²) >= 11 is 0. The maximum Gasteiger partial charge on any atom is 0.416 e. The van der Waals surface area contributed by atoms with Crippen molar-refractivity contribution in [3.63, 3.8) is 0 Å². The number of carbonyl (C=O) groups excluding carboxylic acids is 1. The van der Waals surface area contributed by atoms with Gasteiger partial charge in [-0.25, -0.2) is 0 Å². The Balaban J connectivity index is 1.78. The molecule has 2 atom stereocenters. The summed E-state index contributed by atoms with van der Waals surface area (Å²) in [6.07, 6.45) is -2.56. The molecule has 1 amide bonds. The van der Waals surface area contributed by atoms with E-state index in [1.807, 2.05) is 0 Å². The van der Waals surface area contributed by atoms with E-state index < -0.39 is 23.7 Å². The molecule has 140 valence electrons. The number of benzene rings is 1. The maximum atomic E-state index is 12.8. The van der Waals surface area contributed by atoms with E-state index in [9.17, 15) is 18.0 Å². The second kappa shape index (κ2) is 7.06. The highest BCUT2D eigenvalue weighted by molar-refractivity contribution is 5.82. The summed E-state index contributed by atoms with van der Waals surface area (Å²) in [6.45, 7) is 3.04. The number of likely N-dealkylation sites (tertiary alicyclic amines) is 1. The quantitative estimate of drug-likeness (QED) is 0.897. The van der Waals surface area contributed by atoms with Crippen molar-refractivity contribution < 1.29 is 22.5 Å². The van der Waals surface area contributed by atoms with Gasteiger partial charge in [-0.15, -0.1) is 0 Å². The van der Waals surface area contributed by atoms with Crippen molar-refractivity contribution in [3.8, 4) is 11.4 Å². The Hall–Kier alpha value is -2.42. The Morgan fingerprint density at radius 2 is 2.00 bits per heavy atom. The van der Waals surface area contributed by atoms with Crippen LogP contribution in [0.4, 0.5) is 13.2 Å². The molecule has 0 saturated carbocycles. The number of carbonyl (C=O) groups is 1. The molecule has 1 aromatic carbocycles. The molecule has 1 saturated heterocycles. The van der Waals surface area contributed by atoms with Gasteiger partial charge in [0.2, 0.25) is 17.6 Å². The van der Waals surface area contributed by atoms with Crippen molar-refractivity contribution in [3.05, 3.63) is 35.7 Å². The van der Waals surface area contributed by atoms with Gasteiger partial charge in [-0.05, 0) is 25.0 Å². The average molecular weight is 368 g/mol. The Labute approximate surface area is 148 Å². The van der Waals surface area contributed by atoms with Gasteiger partial charge in [0.05, 0.1) is 17.5 Å². The SMILES string of the molecule is C[C@H](c1nc(-c2cccc(C(F)(F)F)c2)no1)[C@H](N)C(=O)N1CCCC1. The van der Waals surface area contributed by atoms with Crippen LogP contribution in [0, 0.1) is 0 Å². The minimum Gasteiger partial charge on any atom is -0.341 e. The average Bonchev–Trinajstić information content (AvgIpc) is 3.31. The van der Waals surface area contributed by atoms with Crippen molar-refractivity contribution in [2.45, 2.75) is 37.9 Å². The molecule has 1 aromatic heterocycles. The number of nitrogens with zero attached hydrogens (tertiary/aromatic N) is 3. The zero-order chi connectivity index (χ0) is 18.9. The first kappa shape index (κ1) is 18.4. The summed E-state index contributed by atoms with van der Waals surface area (Å²) < 4.78 is 43.7. The summed E-state index contributed by atoms with van der Waals surface area (Å²) in [5, 5.41) is 3.74. The second-order valence-electron chi connectivity index (χ2n) is 6.38. The van der Waals surface area contributed by atoms with Crippen LogP contribution in [0.5, 0.6) is 0 Å². The van der Waals surface area contributed by atoms with Crippen LogP contribution in [-0.2, 0) is 11.0 Å². The smallest absolute Gasteiger partial charge is 0.341 e. The first-order valence-corrected chi connectivity index (χ1v) is 8.33. The van der Waals surface area contributed by atoms with Gasteiger partial charge < -0.3 is 15.2 Å². The molecular weight excluding hydrogens is 349 g/mol. The van der Waals surface area contributed by atoms with Crippen LogP contribution in [-0.4, -0.2) is 40.1 Å². The standard InChI is InChI=1S/C17H19F3N4O2/c1-10(13(21)16(25)24-7-2-3-8-24)15-22-14(23-26-15)11-5-4-6-12(9-11)17(18,19)20/h4-6,9-10,13H,2-3,7-8,21H2,1H3/t10-,13-/m0/s1. The van der Waals surface area contributed by atoms with Crippen LogP contribution >= 0.6 is 0 Å². The third-order valence-corrected chi connectivity index (χ3v) is 4.52. The number of halogens is 3. The minimum atomic E-state index is -4.46. The summed E-state index contributed by atoms with van der Waals surface area (Å²) in [6, 6.07) is 3.82. The highest BCUT2D eigenvalue weighted by Gasteiger charge is 2.33. The number of rotatable bonds is 4. The molecule has 2 aromatic rings. The first-order chi connectivity index (χ1) is 12.3. The fourth-order valence-corrected chi connectivity index (χ4v) is 2.89. The van der Waals surface area contributed by atoms with E-state index in [0.717, 1.165) is 25.0 Å². The third-order valence-electron chi connectivity index (χ3n) is 4.52. The lowest BCUT2D eigenvalue weighted by Crippen LogP contribution is -2.45. The predicted octanol–water partition coefficient (Wildman–Crippen LogP) is 2.81. The van der Waals surface area contributed by atoms with E-state index in [-0.39, 0.29) is 23.2 Å². The van der Waals surface area contributed by atoms with Crippen LogP contribution < -0.4 is 5.73 Å². The van der Waals surface area contributed by atoms with E-state index in [1.54, 1.807) is 11.8 Å². The monoisotopic (exact) mass is 368 g/mol. The highest BCUT2D eigenvalue weighted by atomic mass is 19.4. The lowest BCUT2D eigenvalue weighted by atomic mass is 10.0. The summed E-state index contributed by atoms with van der Waals surface area (Å²) in [5.41, 5.74) is 5.42. The van der Waals surface area contributed by atoms with Crippen LogP contribution in [0.15, 0.2) is 28.8 Å². The zero-order valence-corrected chi connectivity index (χ0v) is 14.2. The van der Waals surface area contributed by atoms with Gasteiger partial charge in [0.1, 0.15) is 0 Å². The van der Waals surface area contributed by atoms with Crippen LogP contribution in [0.1, 0.15) is 37.1 Å². The third kappa shape index (κ3) is 3.72. The van der Waals surface area contributed by atoms with Crippen LogP contribution in [0.3, 0.4) is 0 Å². The molecule has 0 unspecified atom stereocenters. The molecule has 0 radical (unpaired) electrons. The van der Waals surface area contributed by atoms with Gasteiger partial charge >= 0.3 is 6.18 Å². The summed E-state index contributed by atoms with van der Waals surface area (Å²) in [7, 11) is 0. The molecule has 1 aliphatic heterocycles. The largest absolute Gasteiger partial charge is 0.416 e. The molecule has 1 aliphatic rings. The minimum absolute atomic E-state index is 0.0266. The normalized spacial score (nSPS) is 17.3. The molecule has 3 rings (SSSR count).